The fourth-order valence-corrected chi connectivity index (χ4v) is 3.49. The number of carbonyl (C=O) groups is 2. The number of likely N-dealkylation sites (tertiary alicyclic amines) is 1. The van der Waals surface area contributed by atoms with E-state index in [0.717, 1.165) is 58.7 Å². The zero-order chi connectivity index (χ0) is 16.8. The molecule has 0 spiro atoms. The number of benzene rings is 1. The minimum atomic E-state index is -0.00932. The van der Waals surface area contributed by atoms with Crippen molar-refractivity contribution in [3.8, 4) is 0 Å². The van der Waals surface area contributed by atoms with Crippen molar-refractivity contribution in [2.45, 2.75) is 32.2 Å². The van der Waals surface area contributed by atoms with Gasteiger partial charge in [-0.15, -0.1) is 0 Å². The Kier molecular flexibility index (Phi) is 5.86. The van der Waals surface area contributed by atoms with Gasteiger partial charge in [0.2, 0.25) is 11.8 Å². The van der Waals surface area contributed by atoms with Crippen molar-refractivity contribution in [2.75, 3.05) is 39.3 Å². The van der Waals surface area contributed by atoms with Crippen LogP contribution in [0, 0.1) is 0 Å². The summed E-state index contributed by atoms with van der Waals surface area (Å²) in [4.78, 5) is 30.7. The maximum Gasteiger partial charge on any atom is 0.232 e. The smallest absolute Gasteiger partial charge is 0.232 e. The molecule has 0 saturated carbocycles. The summed E-state index contributed by atoms with van der Waals surface area (Å²) in [7, 11) is 0. The molecular weight excluding hydrogens is 302 g/mol. The van der Waals surface area contributed by atoms with E-state index in [-0.39, 0.29) is 18.2 Å². The largest absolute Gasteiger partial charge is 0.342 e. The second-order valence-corrected chi connectivity index (χ2v) is 6.76. The van der Waals surface area contributed by atoms with Crippen LogP contribution in [0.2, 0.25) is 0 Å². The fourth-order valence-electron chi connectivity index (χ4n) is 3.49. The number of rotatable bonds is 4. The maximum atomic E-state index is 12.4. The van der Waals surface area contributed by atoms with E-state index in [9.17, 15) is 9.59 Å². The average Bonchev–Trinajstić information content (AvgIpc) is 2.64. The lowest BCUT2D eigenvalue weighted by Gasteiger charge is -2.35. The average molecular weight is 329 g/mol. The molecule has 2 fully saturated rings. The molecule has 0 aliphatic carbocycles. The quantitative estimate of drug-likeness (QED) is 0.790. The van der Waals surface area contributed by atoms with E-state index in [2.05, 4.69) is 29.2 Å². The Hall–Kier alpha value is -1.88. The van der Waals surface area contributed by atoms with Crippen molar-refractivity contribution in [1.82, 2.24) is 14.7 Å². The predicted octanol–water partition coefficient (Wildman–Crippen LogP) is 1.73. The molecule has 0 atom stereocenters. The summed E-state index contributed by atoms with van der Waals surface area (Å²) in [5.41, 5.74) is 1.30. The highest BCUT2D eigenvalue weighted by Crippen LogP contribution is 2.12. The van der Waals surface area contributed by atoms with Crippen molar-refractivity contribution in [3.63, 3.8) is 0 Å². The van der Waals surface area contributed by atoms with Crippen LogP contribution in [0.3, 0.4) is 0 Å². The molecule has 1 aromatic carbocycles. The van der Waals surface area contributed by atoms with Crippen LogP contribution in [-0.2, 0) is 16.1 Å². The van der Waals surface area contributed by atoms with Crippen molar-refractivity contribution in [1.29, 1.82) is 0 Å². The second kappa shape index (κ2) is 8.29. The first-order chi connectivity index (χ1) is 11.7. The Balaban J connectivity index is 1.42. The van der Waals surface area contributed by atoms with Gasteiger partial charge in [0, 0.05) is 45.8 Å². The summed E-state index contributed by atoms with van der Waals surface area (Å²) in [6.07, 6.45) is 3.37. The van der Waals surface area contributed by atoms with Crippen molar-refractivity contribution in [3.05, 3.63) is 35.9 Å². The molecule has 5 heteroatoms. The highest BCUT2D eigenvalue weighted by molar-refractivity contribution is 5.97. The molecule has 2 saturated heterocycles. The maximum absolute atomic E-state index is 12.4. The molecule has 1 aromatic rings. The Morgan fingerprint density at radius 1 is 0.750 bits per heavy atom. The summed E-state index contributed by atoms with van der Waals surface area (Å²) < 4.78 is 0. The minimum absolute atomic E-state index is 0.00594. The first kappa shape index (κ1) is 17.0. The Bertz CT molecular complexity index is 547. The molecule has 2 amide bonds. The lowest BCUT2D eigenvalue weighted by molar-refractivity contribution is -0.142. The molecule has 24 heavy (non-hydrogen) atoms. The molecule has 0 N–H and O–H groups in total. The van der Waals surface area contributed by atoms with Crippen LogP contribution in [0.5, 0.6) is 0 Å². The third kappa shape index (κ3) is 4.57. The lowest BCUT2D eigenvalue weighted by Crippen LogP contribution is -2.49. The zero-order valence-electron chi connectivity index (χ0n) is 14.3. The topological polar surface area (TPSA) is 43.9 Å². The van der Waals surface area contributed by atoms with Gasteiger partial charge in [0.15, 0.2) is 0 Å². The molecule has 0 aromatic heterocycles. The minimum Gasteiger partial charge on any atom is -0.342 e. The van der Waals surface area contributed by atoms with Crippen molar-refractivity contribution >= 4 is 11.8 Å². The third-order valence-electron chi connectivity index (χ3n) is 4.99. The molecular formula is C19H27N3O2. The van der Waals surface area contributed by atoms with Gasteiger partial charge in [-0.05, 0) is 24.8 Å². The van der Waals surface area contributed by atoms with E-state index < -0.39 is 0 Å². The van der Waals surface area contributed by atoms with Crippen LogP contribution in [-0.4, -0.2) is 65.8 Å². The van der Waals surface area contributed by atoms with Crippen LogP contribution >= 0.6 is 0 Å². The fraction of sp³-hybridized carbons (Fsp3) is 0.579. The molecule has 3 rings (SSSR count). The summed E-state index contributed by atoms with van der Waals surface area (Å²) in [6.45, 7) is 5.75. The molecule has 130 valence electrons. The van der Waals surface area contributed by atoms with Gasteiger partial charge < -0.3 is 9.80 Å². The summed E-state index contributed by atoms with van der Waals surface area (Å²) in [5, 5.41) is 0. The molecule has 2 aliphatic heterocycles. The van der Waals surface area contributed by atoms with Crippen molar-refractivity contribution < 1.29 is 9.59 Å². The summed E-state index contributed by atoms with van der Waals surface area (Å²) >= 11 is 0. The lowest BCUT2D eigenvalue weighted by atomic mass is 10.1. The van der Waals surface area contributed by atoms with Gasteiger partial charge in [0.05, 0.1) is 0 Å². The Morgan fingerprint density at radius 3 is 1.96 bits per heavy atom. The molecule has 2 heterocycles. The number of piperidine rings is 1. The second-order valence-electron chi connectivity index (χ2n) is 6.76. The highest BCUT2D eigenvalue weighted by atomic mass is 16.2. The normalized spacial score (nSPS) is 19.3. The number of hydrogen-bond acceptors (Lipinski definition) is 3. The van der Waals surface area contributed by atoms with E-state index in [1.54, 1.807) is 0 Å². The van der Waals surface area contributed by atoms with Gasteiger partial charge in [0.25, 0.3) is 0 Å². The first-order valence-corrected chi connectivity index (χ1v) is 9.04. The molecule has 0 radical (unpaired) electrons. The van der Waals surface area contributed by atoms with Gasteiger partial charge >= 0.3 is 0 Å². The van der Waals surface area contributed by atoms with E-state index in [1.165, 1.54) is 12.0 Å². The molecule has 0 bridgehead atoms. The van der Waals surface area contributed by atoms with Crippen LogP contribution < -0.4 is 0 Å². The van der Waals surface area contributed by atoms with E-state index in [4.69, 9.17) is 0 Å². The van der Waals surface area contributed by atoms with Crippen LogP contribution in [0.15, 0.2) is 30.3 Å². The summed E-state index contributed by atoms with van der Waals surface area (Å²) in [5.74, 6) is -0.00338. The van der Waals surface area contributed by atoms with Gasteiger partial charge in [-0.25, -0.2) is 0 Å². The third-order valence-corrected chi connectivity index (χ3v) is 4.99. The number of carbonyl (C=O) groups excluding carboxylic acids is 2. The van der Waals surface area contributed by atoms with Gasteiger partial charge in [-0.1, -0.05) is 30.3 Å². The number of hydrogen-bond donors (Lipinski definition) is 0. The van der Waals surface area contributed by atoms with E-state index >= 15 is 0 Å². The van der Waals surface area contributed by atoms with Crippen LogP contribution in [0.25, 0.3) is 0 Å². The summed E-state index contributed by atoms with van der Waals surface area (Å²) in [6, 6.07) is 10.4. The zero-order valence-corrected chi connectivity index (χ0v) is 14.3. The molecule has 0 unspecified atom stereocenters. The van der Waals surface area contributed by atoms with E-state index in [0.29, 0.717) is 0 Å². The van der Waals surface area contributed by atoms with Gasteiger partial charge in [-0.3, -0.25) is 14.5 Å². The molecule has 2 aliphatic rings. The SMILES string of the molecule is O=C(CC(=O)N1CCN(Cc2ccccc2)CC1)N1CCCCC1. The number of piperazine rings is 1. The molecule has 5 nitrogen and oxygen atoms in total. The van der Waals surface area contributed by atoms with Gasteiger partial charge in [-0.2, -0.15) is 0 Å². The Labute approximate surface area is 144 Å². The predicted molar refractivity (Wildman–Crippen MR) is 93.3 cm³/mol. The van der Waals surface area contributed by atoms with Crippen molar-refractivity contribution in [2.24, 2.45) is 0 Å². The monoisotopic (exact) mass is 329 g/mol. The van der Waals surface area contributed by atoms with Gasteiger partial charge in [0.1, 0.15) is 6.42 Å². The van der Waals surface area contributed by atoms with Crippen LogP contribution in [0.4, 0.5) is 0 Å². The Morgan fingerprint density at radius 2 is 1.33 bits per heavy atom. The highest BCUT2D eigenvalue weighted by Gasteiger charge is 2.25. The van der Waals surface area contributed by atoms with E-state index in [1.807, 2.05) is 15.9 Å². The number of amides is 2. The van der Waals surface area contributed by atoms with Crippen LogP contribution in [0.1, 0.15) is 31.2 Å². The standard InChI is InChI=1S/C19H27N3O2/c23-18(21-9-5-2-6-10-21)15-19(24)22-13-11-20(12-14-22)16-17-7-3-1-4-8-17/h1,3-4,7-8H,2,5-6,9-16H2. The number of nitrogens with zero attached hydrogens (tertiary/aromatic N) is 3. The first-order valence-electron chi connectivity index (χ1n) is 9.04.